The Morgan fingerprint density at radius 2 is 1.96 bits per heavy atom. The van der Waals surface area contributed by atoms with Gasteiger partial charge >= 0.3 is 0 Å². The van der Waals surface area contributed by atoms with Gasteiger partial charge < -0.3 is 9.74 Å². The summed E-state index contributed by atoms with van der Waals surface area (Å²) >= 11 is 1.57. The number of anilines is 1. The molecule has 2 rings (SSSR count). The van der Waals surface area contributed by atoms with Crippen molar-refractivity contribution in [2.45, 2.75) is 33.8 Å². The van der Waals surface area contributed by atoms with Gasteiger partial charge in [-0.25, -0.2) is 4.98 Å². The second kappa shape index (κ2) is 7.37. The number of nitrogens with zero attached hydrogens (tertiary/aromatic N) is 3. The Hall–Kier alpha value is -2.21. The molecule has 5 nitrogen and oxygen atoms in total. The SMILES string of the molecule is CC(=NOC(C)C(=O)N(C)c1ccccc1)c1sc(C)nc1C. The van der Waals surface area contributed by atoms with E-state index in [4.69, 9.17) is 4.84 Å². The number of carbonyl (C=O) groups is 1. The number of hydrogen-bond donors (Lipinski definition) is 0. The molecule has 23 heavy (non-hydrogen) atoms. The van der Waals surface area contributed by atoms with Crippen molar-refractivity contribution >= 4 is 28.6 Å². The van der Waals surface area contributed by atoms with Gasteiger partial charge in [0, 0.05) is 12.7 Å². The minimum atomic E-state index is -0.663. The maximum absolute atomic E-state index is 12.4. The Kier molecular flexibility index (Phi) is 5.50. The highest BCUT2D eigenvalue weighted by Crippen LogP contribution is 2.18. The Labute approximate surface area is 140 Å². The summed E-state index contributed by atoms with van der Waals surface area (Å²) in [6.45, 7) is 7.45. The number of aromatic nitrogens is 1. The predicted molar refractivity (Wildman–Crippen MR) is 94.2 cm³/mol. The number of benzene rings is 1. The van der Waals surface area contributed by atoms with Gasteiger partial charge in [-0.1, -0.05) is 23.4 Å². The first kappa shape index (κ1) is 17.1. The van der Waals surface area contributed by atoms with Crippen LogP contribution < -0.4 is 4.90 Å². The quantitative estimate of drug-likeness (QED) is 0.622. The lowest BCUT2D eigenvalue weighted by atomic mass is 10.2. The summed E-state index contributed by atoms with van der Waals surface area (Å²) in [4.78, 5) is 24.7. The largest absolute Gasteiger partial charge is 0.382 e. The molecule has 1 aromatic carbocycles. The van der Waals surface area contributed by atoms with Crippen LogP contribution in [-0.2, 0) is 9.63 Å². The molecule has 122 valence electrons. The number of thiazole rings is 1. The Balaban J connectivity index is 2.03. The minimum absolute atomic E-state index is 0.148. The maximum atomic E-state index is 12.4. The number of rotatable bonds is 5. The van der Waals surface area contributed by atoms with Crippen molar-refractivity contribution in [3.05, 3.63) is 45.9 Å². The lowest BCUT2D eigenvalue weighted by molar-refractivity contribution is -0.128. The molecule has 0 bridgehead atoms. The monoisotopic (exact) mass is 331 g/mol. The molecule has 0 radical (unpaired) electrons. The van der Waals surface area contributed by atoms with Crippen molar-refractivity contribution in [1.82, 2.24) is 4.98 Å². The van der Waals surface area contributed by atoms with Gasteiger partial charge in [-0.15, -0.1) is 11.3 Å². The predicted octanol–water partition coefficient (Wildman–Crippen LogP) is 3.55. The average molecular weight is 331 g/mol. The summed E-state index contributed by atoms with van der Waals surface area (Å²) in [5.41, 5.74) is 2.48. The Morgan fingerprint density at radius 3 is 2.52 bits per heavy atom. The third-order valence-corrected chi connectivity index (χ3v) is 4.58. The van der Waals surface area contributed by atoms with E-state index in [0.717, 1.165) is 27.0 Å². The zero-order valence-corrected chi connectivity index (χ0v) is 14.8. The summed E-state index contributed by atoms with van der Waals surface area (Å²) in [7, 11) is 1.73. The molecule has 1 aromatic heterocycles. The van der Waals surface area contributed by atoms with Gasteiger partial charge in [-0.3, -0.25) is 4.79 Å². The average Bonchev–Trinajstić information content (AvgIpc) is 2.90. The second-order valence-electron chi connectivity index (χ2n) is 5.30. The smallest absolute Gasteiger partial charge is 0.270 e. The number of para-hydroxylation sites is 1. The summed E-state index contributed by atoms with van der Waals surface area (Å²) in [6.07, 6.45) is -0.663. The van der Waals surface area contributed by atoms with Gasteiger partial charge in [0.25, 0.3) is 5.91 Å². The van der Waals surface area contributed by atoms with Gasteiger partial charge in [0.15, 0.2) is 0 Å². The fourth-order valence-corrected chi connectivity index (χ4v) is 3.02. The first-order chi connectivity index (χ1) is 10.9. The third-order valence-electron chi connectivity index (χ3n) is 3.40. The highest BCUT2D eigenvalue weighted by Gasteiger charge is 2.20. The number of hydrogen-bond acceptors (Lipinski definition) is 5. The molecule has 1 unspecified atom stereocenters. The topological polar surface area (TPSA) is 54.8 Å². The molecule has 0 aliphatic rings. The van der Waals surface area contributed by atoms with E-state index in [1.54, 1.807) is 30.2 Å². The van der Waals surface area contributed by atoms with Crippen LogP contribution in [-0.4, -0.2) is 29.8 Å². The molecule has 6 heteroatoms. The summed E-state index contributed by atoms with van der Waals surface area (Å²) in [5.74, 6) is -0.148. The lowest BCUT2D eigenvalue weighted by Crippen LogP contribution is -2.35. The van der Waals surface area contributed by atoms with E-state index in [1.807, 2.05) is 51.1 Å². The molecule has 0 aliphatic heterocycles. The number of oxime groups is 1. The third kappa shape index (κ3) is 4.16. The molecule has 1 amide bonds. The highest BCUT2D eigenvalue weighted by molar-refractivity contribution is 7.13. The highest BCUT2D eigenvalue weighted by atomic mass is 32.1. The Morgan fingerprint density at radius 1 is 1.30 bits per heavy atom. The summed E-state index contributed by atoms with van der Waals surface area (Å²) in [5, 5.41) is 5.09. The van der Waals surface area contributed by atoms with Crippen LogP contribution in [0.3, 0.4) is 0 Å². The van der Waals surface area contributed by atoms with E-state index >= 15 is 0 Å². The number of amides is 1. The summed E-state index contributed by atoms with van der Waals surface area (Å²) < 4.78 is 0. The van der Waals surface area contributed by atoms with Crippen molar-refractivity contribution in [3.8, 4) is 0 Å². The van der Waals surface area contributed by atoms with Crippen LogP contribution in [0.5, 0.6) is 0 Å². The zero-order chi connectivity index (χ0) is 17.0. The molecule has 0 N–H and O–H groups in total. The van der Waals surface area contributed by atoms with Crippen molar-refractivity contribution in [2.24, 2.45) is 5.16 Å². The normalized spacial score (nSPS) is 12.8. The van der Waals surface area contributed by atoms with Crippen LogP contribution in [0.25, 0.3) is 0 Å². The molecular formula is C17H21N3O2S. The van der Waals surface area contributed by atoms with Crippen molar-refractivity contribution < 1.29 is 9.63 Å². The van der Waals surface area contributed by atoms with E-state index < -0.39 is 6.10 Å². The Bertz CT molecular complexity index is 710. The summed E-state index contributed by atoms with van der Waals surface area (Å²) in [6, 6.07) is 9.45. The number of carbonyl (C=O) groups excluding carboxylic acids is 1. The molecule has 0 fully saturated rings. The first-order valence-corrected chi connectivity index (χ1v) is 8.19. The van der Waals surface area contributed by atoms with Gasteiger partial charge in [-0.05, 0) is 39.8 Å². The van der Waals surface area contributed by atoms with Crippen LogP contribution in [0.1, 0.15) is 29.4 Å². The van der Waals surface area contributed by atoms with Crippen molar-refractivity contribution in [2.75, 3.05) is 11.9 Å². The van der Waals surface area contributed by atoms with Gasteiger partial charge in [-0.2, -0.15) is 0 Å². The van der Waals surface area contributed by atoms with E-state index in [9.17, 15) is 4.79 Å². The van der Waals surface area contributed by atoms with Crippen LogP contribution in [0, 0.1) is 13.8 Å². The molecular weight excluding hydrogens is 310 g/mol. The van der Waals surface area contributed by atoms with Crippen molar-refractivity contribution in [1.29, 1.82) is 0 Å². The van der Waals surface area contributed by atoms with Crippen LogP contribution in [0.15, 0.2) is 35.5 Å². The molecule has 0 saturated carbocycles. The molecule has 1 heterocycles. The molecule has 2 aromatic rings. The van der Waals surface area contributed by atoms with Crippen LogP contribution in [0.2, 0.25) is 0 Å². The standard InChI is InChI=1S/C17H21N3O2S/c1-11-16(23-14(4)18-11)12(2)19-22-13(3)17(21)20(5)15-9-7-6-8-10-15/h6-10,13H,1-5H3. The number of aryl methyl sites for hydroxylation is 2. The van der Waals surface area contributed by atoms with Crippen LogP contribution >= 0.6 is 11.3 Å². The van der Waals surface area contributed by atoms with Gasteiger partial charge in [0.05, 0.1) is 21.3 Å². The maximum Gasteiger partial charge on any atom is 0.270 e. The fourth-order valence-electron chi connectivity index (χ4n) is 2.16. The molecule has 0 spiro atoms. The van der Waals surface area contributed by atoms with Gasteiger partial charge in [0.1, 0.15) is 0 Å². The molecule has 0 aliphatic carbocycles. The first-order valence-electron chi connectivity index (χ1n) is 7.37. The van der Waals surface area contributed by atoms with Crippen LogP contribution in [0.4, 0.5) is 5.69 Å². The lowest BCUT2D eigenvalue weighted by Gasteiger charge is -2.20. The number of likely N-dealkylation sites (N-methyl/N-ethyl adjacent to an activating group) is 1. The van der Waals surface area contributed by atoms with E-state index in [2.05, 4.69) is 10.1 Å². The minimum Gasteiger partial charge on any atom is -0.382 e. The second-order valence-corrected chi connectivity index (χ2v) is 6.51. The fraction of sp³-hybridized carbons (Fsp3) is 0.353. The molecule has 1 atom stereocenters. The van der Waals surface area contributed by atoms with E-state index in [-0.39, 0.29) is 5.91 Å². The van der Waals surface area contributed by atoms with Crippen molar-refractivity contribution in [3.63, 3.8) is 0 Å². The van der Waals surface area contributed by atoms with Gasteiger partial charge in [0.2, 0.25) is 6.10 Å². The van der Waals surface area contributed by atoms with E-state index in [0.29, 0.717) is 0 Å². The zero-order valence-electron chi connectivity index (χ0n) is 14.0. The molecule has 0 saturated heterocycles. The van der Waals surface area contributed by atoms with E-state index in [1.165, 1.54) is 0 Å².